The summed E-state index contributed by atoms with van der Waals surface area (Å²) in [6.07, 6.45) is 4.18. The molecule has 8 heteroatoms. The monoisotopic (exact) mass is 498 g/mol. The number of hydrogen-bond donors (Lipinski definition) is 1. The third-order valence-corrected chi connectivity index (χ3v) is 7.84. The first-order valence-corrected chi connectivity index (χ1v) is 14.1. The van der Waals surface area contributed by atoms with Crippen molar-refractivity contribution in [3.8, 4) is 0 Å². The number of amides is 1. The fourth-order valence-electron chi connectivity index (χ4n) is 5.75. The summed E-state index contributed by atoms with van der Waals surface area (Å²) in [6, 6.07) is 11.8. The quantitative estimate of drug-likeness (QED) is 0.608. The molecule has 2 aromatic carbocycles. The summed E-state index contributed by atoms with van der Waals surface area (Å²) in [5.74, 6) is -1.28. The van der Waals surface area contributed by atoms with E-state index in [-0.39, 0.29) is 24.5 Å². The molecule has 188 valence electrons. The van der Waals surface area contributed by atoms with Crippen molar-refractivity contribution in [1.29, 1.82) is 0 Å². The summed E-state index contributed by atoms with van der Waals surface area (Å²) in [5, 5.41) is 0. The molecule has 0 radical (unpaired) electrons. The number of nitrogens with zero attached hydrogens (tertiary/aromatic N) is 1. The van der Waals surface area contributed by atoms with Crippen LogP contribution in [0.2, 0.25) is 0 Å². The van der Waals surface area contributed by atoms with Gasteiger partial charge in [-0.05, 0) is 56.4 Å². The fourth-order valence-corrected chi connectivity index (χ4v) is 6.57. The highest BCUT2D eigenvalue weighted by Crippen LogP contribution is 2.47. The first-order chi connectivity index (χ1) is 16.6. The van der Waals surface area contributed by atoms with Gasteiger partial charge in [0.15, 0.2) is 0 Å². The first-order valence-electron chi connectivity index (χ1n) is 12.2. The highest BCUT2D eigenvalue weighted by atomic mass is 32.2. The van der Waals surface area contributed by atoms with Crippen LogP contribution < -0.4 is 4.72 Å². The van der Waals surface area contributed by atoms with Gasteiger partial charge in [-0.2, -0.15) is 0 Å². The molecule has 7 nitrogen and oxygen atoms in total. The van der Waals surface area contributed by atoms with Crippen molar-refractivity contribution in [3.63, 3.8) is 0 Å². The van der Waals surface area contributed by atoms with Crippen LogP contribution in [0.5, 0.6) is 0 Å². The number of hydrogen-bond acceptors (Lipinski definition) is 5. The van der Waals surface area contributed by atoms with E-state index in [1.165, 1.54) is 0 Å². The predicted molar refractivity (Wildman–Crippen MR) is 135 cm³/mol. The number of esters is 1. The smallest absolute Gasteiger partial charge is 0.315 e. The van der Waals surface area contributed by atoms with Gasteiger partial charge in [-0.3, -0.25) is 9.59 Å². The van der Waals surface area contributed by atoms with Gasteiger partial charge in [0.25, 0.3) is 5.91 Å². The van der Waals surface area contributed by atoms with Gasteiger partial charge in [0.1, 0.15) is 5.92 Å². The zero-order chi connectivity index (χ0) is 25.3. The summed E-state index contributed by atoms with van der Waals surface area (Å²) in [7, 11) is -3.49. The molecule has 0 aromatic heterocycles. The second-order valence-corrected chi connectivity index (χ2v) is 11.5. The third-order valence-electron chi connectivity index (χ3n) is 7.11. The van der Waals surface area contributed by atoms with Crippen molar-refractivity contribution in [3.05, 3.63) is 70.3 Å². The van der Waals surface area contributed by atoms with Gasteiger partial charge in [-0.1, -0.05) is 54.8 Å². The number of carbonyl (C=O) groups excluding carboxylic acids is 2. The molecule has 4 unspecified atom stereocenters. The van der Waals surface area contributed by atoms with Crippen LogP contribution in [-0.2, 0) is 19.6 Å². The lowest BCUT2D eigenvalue weighted by molar-refractivity contribution is -0.147. The molecule has 2 aliphatic rings. The Hall–Kier alpha value is -2.71. The van der Waals surface area contributed by atoms with Crippen LogP contribution in [0.1, 0.15) is 77.2 Å². The predicted octanol–water partition coefficient (Wildman–Crippen LogP) is 4.01. The molecular formula is C27H34N2O5S. The second kappa shape index (κ2) is 10.1. The molecule has 0 bridgehead atoms. The first kappa shape index (κ1) is 25.4. The molecule has 1 fully saturated rings. The van der Waals surface area contributed by atoms with Crippen molar-refractivity contribution < 1.29 is 22.7 Å². The number of rotatable bonds is 6. The number of carbonyl (C=O) groups is 2. The zero-order valence-corrected chi connectivity index (χ0v) is 21.6. The van der Waals surface area contributed by atoms with Crippen LogP contribution in [-0.4, -0.2) is 50.1 Å². The van der Waals surface area contributed by atoms with E-state index >= 15 is 0 Å². The molecule has 0 spiro atoms. The summed E-state index contributed by atoms with van der Waals surface area (Å²) < 4.78 is 32.8. The van der Waals surface area contributed by atoms with Gasteiger partial charge in [0.05, 0.1) is 18.9 Å². The van der Waals surface area contributed by atoms with Crippen molar-refractivity contribution in [2.24, 2.45) is 0 Å². The van der Waals surface area contributed by atoms with Crippen LogP contribution in [0.25, 0.3) is 0 Å². The van der Waals surface area contributed by atoms with E-state index in [0.717, 1.165) is 35.8 Å². The Kier molecular flexibility index (Phi) is 7.33. The summed E-state index contributed by atoms with van der Waals surface area (Å²) >= 11 is 0. The summed E-state index contributed by atoms with van der Waals surface area (Å²) in [4.78, 5) is 29.4. The van der Waals surface area contributed by atoms with Crippen LogP contribution >= 0.6 is 0 Å². The molecular weight excluding hydrogens is 464 g/mol. The van der Waals surface area contributed by atoms with Crippen LogP contribution in [0.15, 0.2) is 42.5 Å². The molecule has 1 heterocycles. The maximum Gasteiger partial charge on any atom is 0.315 e. The van der Waals surface area contributed by atoms with Crippen molar-refractivity contribution in [2.75, 3.05) is 12.9 Å². The molecule has 2 aromatic rings. The Labute approximate surface area is 207 Å². The molecule has 0 saturated heterocycles. The van der Waals surface area contributed by atoms with Gasteiger partial charge < -0.3 is 9.64 Å². The van der Waals surface area contributed by atoms with Crippen molar-refractivity contribution in [1.82, 2.24) is 9.62 Å². The zero-order valence-electron chi connectivity index (χ0n) is 20.8. The summed E-state index contributed by atoms with van der Waals surface area (Å²) in [5.41, 5.74) is 4.06. The summed E-state index contributed by atoms with van der Waals surface area (Å²) in [6.45, 7) is 5.99. The maximum atomic E-state index is 14.1. The van der Waals surface area contributed by atoms with Gasteiger partial charge >= 0.3 is 5.97 Å². The Bertz CT molecular complexity index is 1230. The number of sulfonamides is 1. The fraction of sp³-hybridized carbons (Fsp3) is 0.481. The van der Waals surface area contributed by atoms with E-state index < -0.39 is 28.0 Å². The third kappa shape index (κ3) is 5.14. The Morgan fingerprint density at radius 1 is 1.09 bits per heavy atom. The molecule has 4 atom stereocenters. The van der Waals surface area contributed by atoms with Crippen LogP contribution in [0, 0.1) is 13.8 Å². The number of aryl methyl sites for hydroxylation is 2. The molecule has 1 saturated carbocycles. The SMILES string of the molecule is CCOC(=O)C1c2ccccc2C(=O)N(C2CCCCC2NS(C)(=O)=O)C1c1ccc(C)cc1C. The molecule has 1 amide bonds. The topological polar surface area (TPSA) is 92.8 Å². The minimum atomic E-state index is -3.49. The standard InChI is InChI=1S/C27H34N2O5S/c1-5-34-27(31)24-20-10-6-7-11-21(20)26(30)29(25(24)19-15-14-17(2)16-18(19)3)23-13-9-8-12-22(23)28-35(4,32)33/h6-7,10-11,14-16,22-25,28H,5,8-9,12-13H2,1-4H3. The van der Waals surface area contributed by atoms with Gasteiger partial charge in [0, 0.05) is 17.6 Å². The maximum absolute atomic E-state index is 14.1. The highest BCUT2D eigenvalue weighted by Gasteiger charge is 2.49. The van der Waals surface area contributed by atoms with Gasteiger partial charge in [0.2, 0.25) is 10.0 Å². The molecule has 1 aliphatic carbocycles. The Morgan fingerprint density at radius 2 is 1.80 bits per heavy atom. The van der Waals surface area contributed by atoms with E-state index in [4.69, 9.17) is 4.74 Å². The second-order valence-electron chi connectivity index (χ2n) is 9.68. The van der Waals surface area contributed by atoms with E-state index in [2.05, 4.69) is 4.72 Å². The Balaban J connectivity index is 1.94. The van der Waals surface area contributed by atoms with Gasteiger partial charge in [-0.15, -0.1) is 0 Å². The normalized spacial score (nSPS) is 24.7. The van der Waals surface area contributed by atoms with Crippen LogP contribution in [0.3, 0.4) is 0 Å². The lowest BCUT2D eigenvalue weighted by Crippen LogP contribution is -2.58. The van der Waals surface area contributed by atoms with Crippen LogP contribution in [0.4, 0.5) is 0 Å². The van der Waals surface area contributed by atoms with E-state index in [1.54, 1.807) is 24.0 Å². The van der Waals surface area contributed by atoms with Gasteiger partial charge in [-0.25, -0.2) is 13.1 Å². The lowest BCUT2D eigenvalue weighted by Gasteiger charge is -2.49. The average molecular weight is 499 g/mol. The van der Waals surface area contributed by atoms with E-state index in [0.29, 0.717) is 24.0 Å². The number of nitrogens with one attached hydrogen (secondary N) is 1. The van der Waals surface area contributed by atoms with E-state index in [1.807, 2.05) is 44.2 Å². The molecule has 4 rings (SSSR count). The Morgan fingerprint density at radius 3 is 2.49 bits per heavy atom. The number of fused-ring (bicyclic) bond motifs is 1. The number of benzene rings is 2. The van der Waals surface area contributed by atoms with Crippen molar-refractivity contribution in [2.45, 2.75) is 70.5 Å². The number of ether oxygens (including phenoxy) is 1. The van der Waals surface area contributed by atoms with Crippen molar-refractivity contribution >= 4 is 21.9 Å². The minimum Gasteiger partial charge on any atom is -0.465 e. The highest BCUT2D eigenvalue weighted by molar-refractivity contribution is 7.88. The lowest BCUT2D eigenvalue weighted by atomic mass is 9.76. The minimum absolute atomic E-state index is 0.182. The molecule has 1 N–H and O–H groups in total. The molecule has 1 aliphatic heterocycles. The molecule has 35 heavy (non-hydrogen) atoms. The largest absolute Gasteiger partial charge is 0.465 e. The average Bonchev–Trinajstić information content (AvgIpc) is 2.79. The van der Waals surface area contributed by atoms with E-state index in [9.17, 15) is 18.0 Å².